The molecule has 0 aliphatic rings. The van der Waals surface area contributed by atoms with Crippen LogP contribution >= 0.6 is 22.9 Å². The van der Waals surface area contributed by atoms with Crippen LogP contribution in [0.5, 0.6) is 0 Å². The minimum absolute atomic E-state index is 0.203. The summed E-state index contributed by atoms with van der Waals surface area (Å²) in [5, 5.41) is 20.1. The Hall–Kier alpha value is -2.89. The van der Waals surface area contributed by atoms with Gasteiger partial charge in [0, 0.05) is 20.2 Å². The minimum Gasteiger partial charge on any atom is -0.247 e. The average Bonchev–Trinajstić information content (AvgIpc) is 3.26. The van der Waals surface area contributed by atoms with Gasteiger partial charge in [0.2, 0.25) is 0 Å². The molecule has 0 fully saturated rings. The molecular formula is C18H8ClF3N4S. The molecule has 0 saturated carbocycles. The number of hydrogen-bond acceptors (Lipinski definition) is 4. The van der Waals surface area contributed by atoms with Crippen LogP contribution in [0.15, 0.2) is 42.5 Å². The highest BCUT2D eigenvalue weighted by molar-refractivity contribution is 7.22. The van der Waals surface area contributed by atoms with Gasteiger partial charge in [-0.15, -0.1) is 16.4 Å². The molecule has 0 unspecified atom stereocenters. The van der Waals surface area contributed by atoms with Crippen molar-refractivity contribution in [1.82, 2.24) is 15.4 Å². The first kappa shape index (κ1) is 17.5. The third-order valence-corrected chi connectivity index (χ3v) is 5.34. The van der Waals surface area contributed by atoms with E-state index in [0.717, 1.165) is 27.3 Å². The molecule has 0 saturated heterocycles. The van der Waals surface area contributed by atoms with E-state index >= 15 is 0 Å². The van der Waals surface area contributed by atoms with Crippen molar-refractivity contribution in [1.29, 1.82) is 5.26 Å². The summed E-state index contributed by atoms with van der Waals surface area (Å²) < 4.78 is 39.5. The van der Waals surface area contributed by atoms with Crippen molar-refractivity contribution in [3.8, 4) is 27.8 Å². The Morgan fingerprint density at radius 1 is 1.07 bits per heavy atom. The van der Waals surface area contributed by atoms with E-state index in [2.05, 4.69) is 15.4 Å². The molecular weight excluding hydrogens is 397 g/mol. The largest absolute Gasteiger partial charge is 0.416 e. The van der Waals surface area contributed by atoms with Gasteiger partial charge in [0.25, 0.3) is 0 Å². The Kier molecular flexibility index (Phi) is 4.13. The third-order valence-electron chi connectivity index (χ3n) is 3.96. The molecule has 4 rings (SSSR count). The summed E-state index contributed by atoms with van der Waals surface area (Å²) in [7, 11) is 0. The fraction of sp³-hybridized carbons (Fsp3) is 0.0556. The van der Waals surface area contributed by atoms with Crippen LogP contribution in [-0.4, -0.2) is 15.4 Å². The Balaban J connectivity index is 1.83. The van der Waals surface area contributed by atoms with Crippen molar-refractivity contribution >= 4 is 33.0 Å². The molecule has 0 amide bonds. The lowest BCUT2D eigenvalue weighted by Crippen LogP contribution is -2.03. The lowest BCUT2D eigenvalue weighted by atomic mass is 10.1. The maximum absolute atomic E-state index is 12.9. The summed E-state index contributed by atoms with van der Waals surface area (Å²) in [4.78, 5) is 0.759. The molecule has 1 N–H and O–H groups in total. The molecule has 0 bridgehead atoms. The summed E-state index contributed by atoms with van der Waals surface area (Å²) in [6, 6.07) is 12.5. The predicted molar refractivity (Wildman–Crippen MR) is 97.4 cm³/mol. The Bertz CT molecular complexity index is 1200. The Labute approximate surface area is 159 Å². The number of nitrogens with one attached hydrogen (secondary N) is 1. The second-order valence-corrected chi connectivity index (χ2v) is 7.26. The topological polar surface area (TPSA) is 65.4 Å². The first-order valence-electron chi connectivity index (χ1n) is 7.58. The zero-order chi connectivity index (χ0) is 19.2. The summed E-state index contributed by atoms with van der Waals surface area (Å²) in [6.45, 7) is 0. The molecule has 2 aromatic carbocycles. The molecule has 0 spiro atoms. The third kappa shape index (κ3) is 3.27. The zero-order valence-electron chi connectivity index (χ0n) is 13.3. The Morgan fingerprint density at radius 3 is 2.59 bits per heavy atom. The molecule has 0 atom stereocenters. The molecule has 4 aromatic rings. The summed E-state index contributed by atoms with van der Waals surface area (Å²) in [5.41, 5.74) is 1.19. The van der Waals surface area contributed by atoms with Crippen LogP contribution in [-0.2, 0) is 6.18 Å². The highest BCUT2D eigenvalue weighted by Gasteiger charge is 2.30. The molecule has 27 heavy (non-hydrogen) atoms. The second kappa shape index (κ2) is 6.37. The maximum atomic E-state index is 12.9. The number of halogens is 4. The maximum Gasteiger partial charge on any atom is 0.416 e. The van der Waals surface area contributed by atoms with Gasteiger partial charge in [-0.2, -0.15) is 18.4 Å². The fourth-order valence-electron chi connectivity index (χ4n) is 2.74. The SMILES string of the molecule is N#Cc1[nH]nnc1-c1cc(Cl)cc(-c2cc3cc(C(F)(F)F)ccc3s2)c1. The molecule has 2 heterocycles. The number of nitriles is 1. The molecule has 0 aliphatic carbocycles. The number of aromatic amines is 1. The van der Waals surface area contributed by atoms with Gasteiger partial charge < -0.3 is 0 Å². The van der Waals surface area contributed by atoms with Crippen molar-refractivity contribution in [3.63, 3.8) is 0 Å². The van der Waals surface area contributed by atoms with Crippen molar-refractivity contribution in [2.45, 2.75) is 6.18 Å². The number of hydrogen-bond donors (Lipinski definition) is 1. The molecule has 0 aliphatic heterocycles. The highest BCUT2D eigenvalue weighted by atomic mass is 35.5. The summed E-state index contributed by atoms with van der Waals surface area (Å²) in [5.74, 6) is 0. The van der Waals surface area contributed by atoms with E-state index in [0.29, 0.717) is 21.7 Å². The van der Waals surface area contributed by atoms with E-state index in [4.69, 9.17) is 16.9 Å². The van der Waals surface area contributed by atoms with Gasteiger partial charge in [-0.25, -0.2) is 5.10 Å². The quantitative estimate of drug-likeness (QED) is 0.452. The standard InChI is InChI=1S/C18H8ClF3N4S/c19-13-5-9(3-11(6-13)17-14(8-23)24-26-25-17)16-7-10-4-12(18(20,21)22)1-2-15(10)27-16/h1-7H,(H,24,25,26). The number of H-pyrrole nitrogens is 1. The van der Waals surface area contributed by atoms with Crippen molar-refractivity contribution in [2.24, 2.45) is 0 Å². The summed E-state index contributed by atoms with van der Waals surface area (Å²) in [6.07, 6.45) is -4.39. The van der Waals surface area contributed by atoms with Gasteiger partial charge in [0.1, 0.15) is 11.8 Å². The lowest BCUT2D eigenvalue weighted by Gasteiger charge is -2.05. The van der Waals surface area contributed by atoms with Crippen molar-refractivity contribution < 1.29 is 13.2 Å². The van der Waals surface area contributed by atoms with Crippen LogP contribution in [0.25, 0.3) is 31.8 Å². The predicted octanol–water partition coefficient (Wildman–Crippen LogP) is 5.90. The first-order valence-corrected chi connectivity index (χ1v) is 8.78. The molecule has 2 aromatic heterocycles. The van der Waals surface area contributed by atoms with Gasteiger partial charge in [-0.05, 0) is 53.4 Å². The average molecular weight is 405 g/mol. The van der Waals surface area contributed by atoms with Crippen LogP contribution in [0.2, 0.25) is 5.02 Å². The number of thiophene rings is 1. The number of fused-ring (bicyclic) bond motifs is 1. The second-order valence-electron chi connectivity index (χ2n) is 5.74. The number of alkyl halides is 3. The van der Waals surface area contributed by atoms with E-state index < -0.39 is 11.7 Å². The number of benzene rings is 2. The summed E-state index contributed by atoms with van der Waals surface area (Å²) >= 11 is 7.57. The van der Waals surface area contributed by atoms with Crippen LogP contribution in [0.3, 0.4) is 0 Å². The van der Waals surface area contributed by atoms with Crippen LogP contribution < -0.4 is 0 Å². The monoisotopic (exact) mass is 404 g/mol. The minimum atomic E-state index is -4.39. The number of aromatic nitrogens is 3. The van der Waals surface area contributed by atoms with Gasteiger partial charge in [0.15, 0.2) is 5.69 Å². The molecule has 0 radical (unpaired) electrons. The van der Waals surface area contributed by atoms with Crippen molar-refractivity contribution in [3.05, 3.63) is 58.7 Å². The van der Waals surface area contributed by atoms with E-state index in [9.17, 15) is 13.2 Å². The van der Waals surface area contributed by atoms with Gasteiger partial charge in [-0.3, -0.25) is 0 Å². The van der Waals surface area contributed by atoms with Crippen LogP contribution in [0, 0.1) is 11.3 Å². The van der Waals surface area contributed by atoms with E-state index in [1.165, 1.54) is 17.4 Å². The Morgan fingerprint density at radius 2 is 1.85 bits per heavy atom. The normalized spacial score (nSPS) is 11.7. The first-order chi connectivity index (χ1) is 12.8. The van der Waals surface area contributed by atoms with E-state index in [-0.39, 0.29) is 5.69 Å². The van der Waals surface area contributed by atoms with Crippen LogP contribution in [0.1, 0.15) is 11.3 Å². The van der Waals surface area contributed by atoms with Gasteiger partial charge in [-0.1, -0.05) is 16.8 Å². The highest BCUT2D eigenvalue weighted by Crippen LogP contribution is 2.39. The van der Waals surface area contributed by atoms with Gasteiger partial charge >= 0.3 is 6.18 Å². The molecule has 134 valence electrons. The van der Waals surface area contributed by atoms with E-state index in [1.54, 1.807) is 24.3 Å². The fourth-order valence-corrected chi connectivity index (χ4v) is 4.00. The lowest BCUT2D eigenvalue weighted by molar-refractivity contribution is -0.137. The van der Waals surface area contributed by atoms with Gasteiger partial charge in [0.05, 0.1) is 5.56 Å². The molecule has 4 nitrogen and oxygen atoms in total. The smallest absolute Gasteiger partial charge is 0.247 e. The molecule has 9 heteroatoms. The van der Waals surface area contributed by atoms with Crippen molar-refractivity contribution in [2.75, 3.05) is 0 Å². The van der Waals surface area contributed by atoms with E-state index in [1.807, 2.05) is 6.07 Å². The zero-order valence-corrected chi connectivity index (χ0v) is 14.9. The van der Waals surface area contributed by atoms with Crippen LogP contribution in [0.4, 0.5) is 13.2 Å². The number of nitrogens with zero attached hydrogens (tertiary/aromatic N) is 3. The number of rotatable bonds is 2.